The Morgan fingerprint density at radius 1 is 1.44 bits per heavy atom. The molecule has 0 saturated carbocycles. The summed E-state index contributed by atoms with van der Waals surface area (Å²) < 4.78 is 5.28. The van der Waals surface area contributed by atoms with Crippen LogP contribution in [-0.4, -0.2) is 31.0 Å². The van der Waals surface area contributed by atoms with E-state index < -0.39 is 0 Å². The first-order valence-corrected chi connectivity index (χ1v) is 8.52. The topological polar surface area (TPSA) is 51.2 Å². The Morgan fingerprint density at radius 2 is 2.28 bits per heavy atom. The molecule has 5 heteroatoms. The number of ether oxygens (including phenoxy) is 1. The lowest BCUT2D eigenvalue weighted by atomic mass is 9.82. The number of hydrogen-bond donors (Lipinski definition) is 1. The summed E-state index contributed by atoms with van der Waals surface area (Å²) in [5.41, 5.74) is 1.57. The maximum atomic E-state index is 12.8. The van der Waals surface area contributed by atoms with Crippen LogP contribution in [0, 0.1) is 11.8 Å². The van der Waals surface area contributed by atoms with E-state index in [9.17, 15) is 4.79 Å². The molecule has 0 bridgehead atoms. The Hall–Kier alpha value is -1.91. The van der Waals surface area contributed by atoms with Gasteiger partial charge in [0.2, 0.25) is 0 Å². The molecule has 0 spiro atoms. The summed E-state index contributed by atoms with van der Waals surface area (Å²) >= 11 is 0. The predicted octanol–water partition coefficient (Wildman–Crippen LogP) is 4.04. The van der Waals surface area contributed by atoms with Crippen molar-refractivity contribution in [2.24, 2.45) is 11.8 Å². The molecule has 0 amide bonds. The van der Waals surface area contributed by atoms with Crippen LogP contribution in [0.3, 0.4) is 0 Å². The van der Waals surface area contributed by atoms with Crippen LogP contribution in [0.2, 0.25) is 0 Å². The minimum absolute atomic E-state index is 0. The second-order valence-corrected chi connectivity index (χ2v) is 6.36. The predicted molar refractivity (Wildman–Crippen MR) is 104 cm³/mol. The first kappa shape index (κ1) is 19.4. The highest BCUT2D eigenvalue weighted by molar-refractivity contribution is 6.07. The van der Waals surface area contributed by atoms with Crippen molar-refractivity contribution in [3.8, 4) is 5.75 Å². The smallest absolute Gasteiger partial charge is 0.163 e. The largest absolute Gasteiger partial charge is 0.497 e. The molecular formula is C20H25ClN2O2. The van der Waals surface area contributed by atoms with Gasteiger partial charge in [0.1, 0.15) is 5.75 Å². The van der Waals surface area contributed by atoms with Gasteiger partial charge in [0.05, 0.1) is 12.6 Å². The Bertz CT molecular complexity index is 748. The number of methoxy groups -OCH3 is 1. The molecule has 0 unspecified atom stereocenters. The van der Waals surface area contributed by atoms with E-state index >= 15 is 0 Å². The molecule has 1 saturated heterocycles. The number of pyridine rings is 1. The van der Waals surface area contributed by atoms with Crippen molar-refractivity contribution in [2.75, 3.05) is 20.2 Å². The number of carbonyl (C=O) groups is 1. The molecular weight excluding hydrogens is 336 g/mol. The van der Waals surface area contributed by atoms with Gasteiger partial charge in [-0.2, -0.15) is 0 Å². The van der Waals surface area contributed by atoms with Gasteiger partial charge in [-0.15, -0.1) is 19.0 Å². The molecule has 1 aromatic carbocycles. The normalized spacial score (nSPS) is 19.9. The van der Waals surface area contributed by atoms with Crippen molar-refractivity contribution in [3.05, 3.63) is 48.7 Å². The molecule has 2 aromatic rings. The van der Waals surface area contributed by atoms with Gasteiger partial charge in [-0.05, 0) is 55.5 Å². The summed E-state index contributed by atoms with van der Waals surface area (Å²) in [6.45, 7) is 5.93. The number of ketones is 1. The molecule has 134 valence electrons. The van der Waals surface area contributed by atoms with Crippen LogP contribution in [0.15, 0.2) is 43.1 Å². The maximum absolute atomic E-state index is 12.8. The number of aromatic nitrogens is 1. The molecule has 3 rings (SSSR count). The monoisotopic (exact) mass is 360 g/mol. The number of hydrogen-bond acceptors (Lipinski definition) is 4. The average molecular weight is 361 g/mol. The van der Waals surface area contributed by atoms with Crippen molar-refractivity contribution in [1.82, 2.24) is 10.3 Å². The second kappa shape index (κ2) is 8.97. The fourth-order valence-corrected chi connectivity index (χ4v) is 3.52. The number of nitrogens with one attached hydrogen (secondary N) is 1. The second-order valence-electron chi connectivity index (χ2n) is 6.36. The van der Waals surface area contributed by atoms with Gasteiger partial charge in [0.25, 0.3) is 0 Å². The standard InChI is InChI=1S/C20H24N2O2.ClH/c1-3-14-13-21-10-8-15(14)4-7-20(23)17-9-11-22-19-6-5-16(24-2)12-18(17)19;/h3,5-6,9,11-12,14-15,21H,1,4,7-8,10,13H2,2H3;1H/t14-,15-;/m1./s1. The molecule has 1 aliphatic rings. The number of fused-ring (bicyclic) bond motifs is 1. The van der Waals surface area contributed by atoms with E-state index in [4.69, 9.17) is 4.74 Å². The molecule has 2 atom stereocenters. The van der Waals surface area contributed by atoms with Gasteiger partial charge in [-0.1, -0.05) is 6.08 Å². The third kappa shape index (κ3) is 4.39. The number of rotatable bonds is 6. The van der Waals surface area contributed by atoms with Crippen molar-refractivity contribution in [1.29, 1.82) is 0 Å². The van der Waals surface area contributed by atoms with Crippen LogP contribution in [0.25, 0.3) is 10.9 Å². The fourth-order valence-electron chi connectivity index (χ4n) is 3.52. The third-order valence-corrected chi connectivity index (χ3v) is 4.97. The highest BCUT2D eigenvalue weighted by Gasteiger charge is 2.23. The highest BCUT2D eigenvalue weighted by atomic mass is 35.5. The lowest BCUT2D eigenvalue weighted by molar-refractivity contribution is 0.0968. The van der Waals surface area contributed by atoms with Crippen LogP contribution in [0.4, 0.5) is 0 Å². The number of benzene rings is 1. The maximum Gasteiger partial charge on any atom is 0.163 e. The summed E-state index contributed by atoms with van der Waals surface area (Å²) in [6, 6.07) is 7.48. The van der Waals surface area contributed by atoms with E-state index in [1.165, 1.54) is 0 Å². The van der Waals surface area contributed by atoms with Gasteiger partial charge in [0.15, 0.2) is 5.78 Å². The first-order valence-electron chi connectivity index (χ1n) is 8.52. The molecule has 0 radical (unpaired) electrons. The quantitative estimate of drug-likeness (QED) is 0.624. The van der Waals surface area contributed by atoms with Gasteiger partial charge < -0.3 is 10.1 Å². The number of carbonyl (C=O) groups excluding carboxylic acids is 1. The lowest BCUT2D eigenvalue weighted by Crippen LogP contribution is -2.35. The lowest BCUT2D eigenvalue weighted by Gasteiger charge is -2.29. The third-order valence-electron chi connectivity index (χ3n) is 4.97. The zero-order chi connectivity index (χ0) is 16.9. The number of piperidine rings is 1. The van der Waals surface area contributed by atoms with Gasteiger partial charge in [-0.3, -0.25) is 9.78 Å². The number of nitrogens with zero attached hydrogens (tertiary/aromatic N) is 1. The molecule has 1 aliphatic heterocycles. The van der Waals surface area contributed by atoms with Crippen molar-refractivity contribution < 1.29 is 9.53 Å². The van der Waals surface area contributed by atoms with Gasteiger partial charge in [0, 0.05) is 30.1 Å². The summed E-state index contributed by atoms with van der Waals surface area (Å²) in [6.07, 6.45) is 6.30. The summed E-state index contributed by atoms with van der Waals surface area (Å²) in [7, 11) is 1.63. The Morgan fingerprint density at radius 3 is 3.04 bits per heavy atom. The minimum atomic E-state index is 0. The zero-order valence-electron chi connectivity index (χ0n) is 14.5. The Kier molecular flexibility index (Phi) is 6.97. The molecule has 4 nitrogen and oxygen atoms in total. The van der Waals surface area contributed by atoms with Crippen LogP contribution < -0.4 is 10.1 Å². The molecule has 2 heterocycles. The van der Waals surface area contributed by atoms with Crippen LogP contribution >= 0.6 is 12.4 Å². The van der Waals surface area contributed by atoms with Gasteiger partial charge >= 0.3 is 0 Å². The highest BCUT2D eigenvalue weighted by Crippen LogP contribution is 2.28. The van der Waals surface area contributed by atoms with E-state index in [2.05, 4.69) is 16.9 Å². The van der Waals surface area contributed by atoms with Crippen LogP contribution in [-0.2, 0) is 0 Å². The summed E-state index contributed by atoms with van der Waals surface area (Å²) in [5, 5.41) is 4.26. The van der Waals surface area contributed by atoms with E-state index in [1.807, 2.05) is 30.3 Å². The first-order chi connectivity index (χ1) is 11.7. The molecule has 25 heavy (non-hydrogen) atoms. The van der Waals surface area contributed by atoms with Crippen molar-refractivity contribution in [3.63, 3.8) is 0 Å². The zero-order valence-corrected chi connectivity index (χ0v) is 15.3. The number of Topliss-reactive ketones (excluding diaryl/α,β-unsaturated/α-hetero) is 1. The molecule has 0 aliphatic carbocycles. The fraction of sp³-hybridized carbons (Fsp3) is 0.400. The number of halogens is 1. The van der Waals surface area contributed by atoms with Crippen LogP contribution in [0.1, 0.15) is 29.6 Å². The molecule has 1 aromatic heterocycles. The van der Waals surface area contributed by atoms with Gasteiger partial charge in [-0.25, -0.2) is 0 Å². The van der Waals surface area contributed by atoms with E-state index in [-0.39, 0.29) is 18.2 Å². The summed E-state index contributed by atoms with van der Waals surface area (Å²) in [4.78, 5) is 17.1. The van der Waals surface area contributed by atoms with E-state index in [0.717, 1.165) is 48.1 Å². The SMILES string of the molecule is C=C[C@@H]1CNCC[C@H]1CCC(=O)c1ccnc2ccc(OC)cc12.Cl. The van der Waals surface area contributed by atoms with E-state index in [0.29, 0.717) is 18.3 Å². The van der Waals surface area contributed by atoms with Crippen LogP contribution in [0.5, 0.6) is 5.75 Å². The summed E-state index contributed by atoms with van der Waals surface area (Å²) in [5.74, 6) is 1.92. The minimum Gasteiger partial charge on any atom is -0.497 e. The molecule has 1 N–H and O–H groups in total. The average Bonchev–Trinajstić information content (AvgIpc) is 2.65. The van der Waals surface area contributed by atoms with Crippen molar-refractivity contribution in [2.45, 2.75) is 19.3 Å². The Labute approximate surface area is 155 Å². The molecule has 1 fully saturated rings. The van der Waals surface area contributed by atoms with E-state index in [1.54, 1.807) is 13.3 Å². The van der Waals surface area contributed by atoms with Crippen molar-refractivity contribution >= 4 is 29.1 Å². The Balaban J connectivity index is 0.00000225.